The lowest BCUT2D eigenvalue weighted by Crippen LogP contribution is -2.42. The van der Waals surface area contributed by atoms with Crippen molar-refractivity contribution in [3.63, 3.8) is 0 Å². The Kier molecular flexibility index (Phi) is 5.86. The predicted molar refractivity (Wildman–Crippen MR) is 99.9 cm³/mol. The third kappa shape index (κ3) is 4.21. The molecule has 1 aromatic heterocycles. The van der Waals surface area contributed by atoms with Gasteiger partial charge < -0.3 is 14.4 Å². The van der Waals surface area contributed by atoms with Crippen molar-refractivity contribution in [3.8, 4) is 5.75 Å². The van der Waals surface area contributed by atoms with E-state index in [1.165, 1.54) is 10.6 Å². The van der Waals surface area contributed by atoms with Gasteiger partial charge in [0.1, 0.15) is 11.4 Å². The molecular formula is C20H22N2O4. The van der Waals surface area contributed by atoms with Gasteiger partial charge in [-0.15, -0.1) is 0 Å². The number of rotatable bonds is 5. The Hall–Kier alpha value is -2.86. The van der Waals surface area contributed by atoms with Crippen LogP contribution in [-0.2, 0) is 9.53 Å². The summed E-state index contributed by atoms with van der Waals surface area (Å²) in [6.45, 7) is 4.56. The quantitative estimate of drug-likeness (QED) is 0.772. The predicted octanol–water partition coefficient (Wildman–Crippen LogP) is 2.10. The van der Waals surface area contributed by atoms with Crippen LogP contribution < -0.4 is 10.3 Å². The number of morpholine rings is 1. The molecule has 1 saturated heterocycles. The number of aromatic nitrogens is 1. The zero-order valence-electron chi connectivity index (χ0n) is 14.8. The molecule has 1 amide bonds. The van der Waals surface area contributed by atoms with Crippen LogP contribution in [-0.4, -0.2) is 48.3 Å². The van der Waals surface area contributed by atoms with Crippen LogP contribution in [0.25, 0.3) is 11.8 Å². The monoisotopic (exact) mass is 354 g/mol. The van der Waals surface area contributed by atoms with E-state index in [1.54, 1.807) is 29.3 Å². The summed E-state index contributed by atoms with van der Waals surface area (Å²) in [5.41, 5.74) is 0.897. The van der Waals surface area contributed by atoms with Crippen LogP contribution >= 0.6 is 0 Å². The number of carbonyl (C=O) groups is 1. The lowest BCUT2D eigenvalue weighted by molar-refractivity contribution is -0.129. The van der Waals surface area contributed by atoms with Crippen molar-refractivity contribution in [2.45, 2.75) is 6.92 Å². The number of nitrogens with zero attached hydrogens (tertiary/aromatic N) is 2. The van der Waals surface area contributed by atoms with Gasteiger partial charge in [0.2, 0.25) is 0 Å². The molecule has 1 aliphatic rings. The fourth-order valence-electron chi connectivity index (χ4n) is 2.77. The summed E-state index contributed by atoms with van der Waals surface area (Å²) in [5.74, 6) is 0.582. The van der Waals surface area contributed by atoms with Crippen LogP contribution in [0.5, 0.6) is 5.75 Å². The van der Waals surface area contributed by atoms with E-state index in [1.807, 2.05) is 31.2 Å². The standard InChI is InChI=1S/C20H22N2O4/c1-2-26-17-8-6-16(7-9-17)15-18(22-10-4-3-5-19(22)23)20(24)21-11-13-25-14-12-21/h3-10,15H,2,11-14H2,1H3. The Labute approximate surface area is 152 Å². The van der Waals surface area contributed by atoms with Crippen LogP contribution in [0.15, 0.2) is 53.5 Å². The fourth-order valence-corrected chi connectivity index (χ4v) is 2.77. The van der Waals surface area contributed by atoms with Crippen LogP contribution in [0.1, 0.15) is 12.5 Å². The summed E-state index contributed by atoms with van der Waals surface area (Å²) in [6.07, 6.45) is 3.34. The smallest absolute Gasteiger partial charge is 0.271 e. The van der Waals surface area contributed by atoms with E-state index in [9.17, 15) is 9.59 Å². The first-order valence-electron chi connectivity index (χ1n) is 8.68. The molecule has 26 heavy (non-hydrogen) atoms. The third-order valence-corrected chi connectivity index (χ3v) is 4.09. The van der Waals surface area contributed by atoms with Crippen LogP contribution in [0.4, 0.5) is 0 Å². The van der Waals surface area contributed by atoms with Gasteiger partial charge in [0.15, 0.2) is 0 Å². The van der Waals surface area contributed by atoms with Crippen molar-refractivity contribution in [3.05, 3.63) is 64.6 Å². The first-order valence-corrected chi connectivity index (χ1v) is 8.68. The van der Waals surface area contributed by atoms with Crippen LogP contribution in [0.2, 0.25) is 0 Å². The first-order chi connectivity index (χ1) is 12.7. The zero-order valence-corrected chi connectivity index (χ0v) is 14.8. The second-order valence-corrected chi connectivity index (χ2v) is 5.85. The number of benzene rings is 1. The Balaban J connectivity index is 1.98. The maximum atomic E-state index is 13.0. The van der Waals surface area contributed by atoms with E-state index < -0.39 is 0 Å². The highest BCUT2D eigenvalue weighted by Crippen LogP contribution is 2.18. The minimum absolute atomic E-state index is 0.185. The van der Waals surface area contributed by atoms with Gasteiger partial charge >= 0.3 is 0 Å². The maximum absolute atomic E-state index is 13.0. The van der Waals surface area contributed by atoms with Gasteiger partial charge in [0, 0.05) is 25.4 Å². The lowest BCUT2D eigenvalue weighted by Gasteiger charge is -2.28. The number of amides is 1. The van der Waals surface area contributed by atoms with E-state index in [0.29, 0.717) is 38.6 Å². The molecule has 136 valence electrons. The largest absolute Gasteiger partial charge is 0.494 e. The van der Waals surface area contributed by atoms with Crippen molar-refractivity contribution in [2.24, 2.45) is 0 Å². The van der Waals surface area contributed by atoms with Gasteiger partial charge in [-0.3, -0.25) is 14.2 Å². The average Bonchev–Trinajstić information content (AvgIpc) is 2.68. The van der Waals surface area contributed by atoms with Crippen molar-refractivity contribution < 1.29 is 14.3 Å². The van der Waals surface area contributed by atoms with Gasteiger partial charge in [0.25, 0.3) is 11.5 Å². The second kappa shape index (κ2) is 8.49. The van der Waals surface area contributed by atoms with Gasteiger partial charge in [-0.1, -0.05) is 18.2 Å². The summed E-state index contributed by atoms with van der Waals surface area (Å²) in [6, 6.07) is 12.3. The van der Waals surface area contributed by atoms with Crippen molar-refractivity contribution in [2.75, 3.05) is 32.9 Å². The van der Waals surface area contributed by atoms with Gasteiger partial charge in [-0.25, -0.2) is 0 Å². The van der Waals surface area contributed by atoms with E-state index in [0.717, 1.165) is 11.3 Å². The molecule has 1 fully saturated rings. The number of hydrogen-bond donors (Lipinski definition) is 0. The molecule has 2 heterocycles. The van der Waals surface area contributed by atoms with Gasteiger partial charge in [-0.05, 0) is 36.8 Å². The van der Waals surface area contributed by atoms with E-state index in [4.69, 9.17) is 9.47 Å². The molecule has 0 bridgehead atoms. The van der Waals surface area contributed by atoms with Crippen molar-refractivity contribution in [1.82, 2.24) is 9.47 Å². The Morgan fingerprint density at radius 1 is 1.15 bits per heavy atom. The first kappa shape index (κ1) is 17.9. The second-order valence-electron chi connectivity index (χ2n) is 5.85. The minimum atomic E-state index is -0.244. The highest BCUT2D eigenvalue weighted by molar-refractivity contribution is 6.18. The molecule has 6 nitrogen and oxygen atoms in total. The number of pyridine rings is 1. The summed E-state index contributed by atoms with van der Waals surface area (Å²) in [5, 5.41) is 0. The fraction of sp³-hybridized carbons (Fsp3) is 0.300. The molecule has 0 atom stereocenters. The van der Waals surface area contributed by atoms with E-state index in [2.05, 4.69) is 0 Å². The SMILES string of the molecule is CCOc1ccc(C=C(C(=O)N2CCOCC2)n2ccccc2=O)cc1. The Bertz CT molecular complexity index is 833. The van der Waals surface area contributed by atoms with E-state index >= 15 is 0 Å². The molecule has 0 unspecified atom stereocenters. The lowest BCUT2D eigenvalue weighted by atomic mass is 10.1. The Morgan fingerprint density at radius 3 is 2.54 bits per heavy atom. The van der Waals surface area contributed by atoms with Gasteiger partial charge in [-0.2, -0.15) is 0 Å². The summed E-state index contributed by atoms with van der Waals surface area (Å²) >= 11 is 0. The molecular weight excluding hydrogens is 332 g/mol. The number of hydrogen-bond acceptors (Lipinski definition) is 4. The molecule has 1 aliphatic heterocycles. The van der Waals surface area contributed by atoms with Crippen LogP contribution in [0.3, 0.4) is 0 Å². The van der Waals surface area contributed by atoms with E-state index in [-0.39, 0.29) is 11.5 Å². The third-order valence-electron chi connectivity index (χ3n) is 4.09. The molecule has 0 aliphatic carbocycles. The highest BCUT2D eigenvalue weighted by atomic mass is 16.5. The molecule has 2 aromatic rings. The number of ether oxygens (including phenoxy) is 2. The molecule has 0 saturated carbocycles. The molecule has 6 heteroatoms. The van der Waals surface area contributed by atoms with Crippen molar-refractivity contribution in [1.29, 1.82) is 0 Å². The Morgan fingerprint density at radius 2 is 1.88 bits per heavy atom. The molecule has 0 radical (unpaired) electrons. The number of carbonyl (C=O) groups excluding carboxylic acids is 1. The average molecular weight is 354 g/mol. The maximum Gasteiger partial charge on any atom is 0.271 e. The zero-order chi connectivity index (χ0) is 18.4. The van der Waals surface area contributed by atoms with Crippen LogP contribution in [0, 0.1) is 0 Å². The molecule has 0 spiro atoms. The molecule has 1 aromatic carbocycles. The minimum Gasteiger partial charge on any atom is -0.494 e. The van der Waals surface area contributed by atoms with Gasteiger partial charge in [0.05, 0.1) is 19.8 Å². The molecule has 3 rings (SSSR count). The van der Waals surface area contributed by atoms with Crippen molar-refractivity contribution >= 4 is 17.7 Å². The summed E-state index contributed by atoms with van der Waals surface area (Å²) < 4.78 is 12.1. The topological polar surface area (TPSA) is 60.8 Å². The summed E-state index contributed by atoms with van der Waals surface area (Å²) in [4.78, 5) is 27.0. The highest BCUT2D eigenvalue weighted by Gasteiger charge is 2.22. The summed E-state index contributed by atoms with van der Waals surface area (Å²) in [7, 11) is 0. The molecule has 0 N–H and O–H groups in total. The normalized spacial score (nSPS) is 15.0.